The summed E-state index contributed by atoms with van der Waals surface area (Å²) in [6, 6.07) is 17.7. The molecule has 0 unspecified atom stereocenters. The fourth-order valence-corrected chi connectivity index (χ4v) is 2.26. The molecule has 0 aliphatic carbocycles. The molecule has 0 saturated heterocycles. The van der Waals surface area contributed by atoms with E-state index in [1.54, 1.807) is 24.3 Å². The van der Waals surface area contributed by atoms with Crippen LogP contribution in [0.1, 0.15) is 36.5 Å². The van der Waals surface area contributed by atoms with Gasteiger partial charge in [-0.05, 0) is 30.7 Å². The number of hydrogen-bond acceptors (Lipinski definition) is 2. The van der Waals surface area contributed by atoms with Crippen molar-refractivity contribution >= 4 is 17.5 Å². The molecule has 0 aliphatic heterocycles. The van der Waals surface area contributed by atoms with Crippen molar-refractivity contribution in [1.29, 1.82) is 0 Å². The van der Waals surface area contributed by atoms with Gasteiger partial charge in [-0.3, -0.25) is 9.59 Å². The van der Waals surface area contributed by atoms with E-state index in [0.29, 0.717) is 12.0 Å². The van der Waals surface area contributed by atoms with Gasteiger partial charge in [-0.15, -0.1) is 0 Å². The van der Waals surface area contributed by atoms with Gasteiger partial charge in [-0.1, -0.05) is 56.2 Å². The van der Waals surface area contributed by atoms with Crippen LogP contribution in [0.3, 0.4) is 0 Å². The molecule has 0 heterocycles. The van der Waals surface area contributed by atoms with Crippen molar-refractivity contribution in [3.05, 3.63) is 66.2 Å². The van der Waals surface area contributed by atoms with Crippen LogP contribution in [-0.4, -0.2) is 17.9 Å². The quantitative estimate of drug-likeness (QED) is 0.820. The Hall–Kier alpha value is -2.62. The van der Waals surface area contributed by atoms with E-state index in [1.165, 1.54) is 0 Å². The highest BCUT2D eigenvalue weighted by Crippen LogP contribution is 2.09. The highest BCUT2D eigenvalue weighted by Gasteiger charge is 2.20. The van der Waals surface area contributed by atoms with Crippen molar-refractivity contribution in [3.8, 4) is 0 Å². The minimum absolute atomic E-state index is 0.186. The summed E-state index contributed by atoms with van der Waals surface area (Å²) in [6.45, 7) is 2.06. The fourth-order valence-electron chi connectivity index (χ4n) is 2.26. The van der Waals surface area contributed by atoms with Crippen LogP contribution in [0.2, 0.25) is 0 Å². The fraction of sp³-hybridized carbons (Fsp3) is 0.263. The van der Waals surface area contributed by atoms with Gasteiger partial charge in [0.05, 0.1) is 0 Å². The average molecular weight is 310 g/mol. The Morgan fingerprint density at radius 1 is 0.957 bits per heavy atom. The molecule has 0 aromatic heterocycles. The summed E-state index contributed by atoms with van der Waals surface area (Å²) in [5, 5.41) is 5.69. The third kappa shape index (κ3) is 5.25. The van der Waals surface area contributed by atoms with Crippen molar-refractivity contribution in [2.24, 2.45) is 0 Å². The molecule has 0 fully saturated rings. The van der Waals surface area contributed by atoms with Crippen molar-refractivity contribution in [1.82, 2.24) is 5.32 Å². The number of para-hydroxylation sites is 1. The van der Waals surface area contributed by atoms with E-state index >= 15 is 0 Å². The van der Waals surface area contributed by atoms with E-state index in [4.69, 9.17) is 0 Å². The number of hydrogen-bond donors (Lipinski definition) is 2. The number of amides is 2. The van der Waals surface area contributed by atoms with Crippen molar-refractivity contribution in [2.45, 2.75) is 32.2 Å². The van der Waals surface area contributed by atoms with E-state index in [1.807, 2.05) is 36.4 Å². The minimum Gasteiger partial charge on any atom is -0.340 e. The van der Waals surface area contributed by atoms with Crippen LogP contribution in [0, 0.1) is 0 Å². The van der Waals surface area contributed by atoms with Crippen molar-refractivity contribution in [2.75, 3.05) is 5.32 Å². The van der Waals surface area contributed by atoms with Gasteiger partial charge in [0.15, 0.2) is 0 Å². The maximum Gasteiger partial charge on any atom is 0.251 e. The molecule has 4 heteroatoms. The SMILES string of the molecule is CCCC[C@H](NC(=O)c1ccccc1)C(=O)Nc1ccccc1. The number of carbonyl (C=O) groups excluding carboxylic acids is 2. The largest absolute Gasteiger partial charge is 0.340 e. The first-order valence-corrected chi connectivity index (χ1v) is 7.92. The first kappa shape index (κ1) is 16.7. The second-order valence-electron chi connectivity index (χ2n) is 5.39. The maximum atomic E-state index is 12.5. The summed E-state index contributed by atoms with van der Waals surface area (Å²) in [4.78, 5) is 24.7. The molecular formula is C19H22N2O2. The third-order valence-electron chi connectivity index (χ3n) is 3.55. The number of anilines is 1. The van der Waals surface area contributed by atoms with E-state index < -0.39 is 6.04 Å². The Morgan fingerprint density at radius 3 is 2.17 bits per heavy atom. The molecule has 0 aliphatic rings. The molecule has 2 rings (SSSR count). The topological polar surface area (TPSA) is 58.2 Å². The molecule has 120 valence electrons. The summed E-state index contributed by atoms with van der Waals surface area (Å²) in [6.07, 6.45) is 2.46. The van der Waals surface area contributed by atoms with Gasteiger partial charge >= 0.3 is 0 Å². The summed E-state index contributed by atoms with van der Waals surface area (Å²) in [5.74, 6) is -0.413. The molecule has 2 N–H and O–H groups in total. The number of rotatable bonds is 7. The van der Waals surface area contributed by atoms with Gasteiger partial charge < -0.3 is 10.6 Å². The standard InChI is InChI=1S/C19H22N2O2/c1-2-3-14-17(19(23)20-16-12-8-5-9-13-16)21-18(22)15-10-6-4-7-11-15/h4-13,17H,2-3,14H2,1H3,(H,20,23)(H,21,22)/t17-/m0/s1. The lowest BCUT2D eigenvalue weighted by molar-refractivity contribution is -0.118. The highest BCUT2D eigenvalue weighted by atomic mass is 16.2. The predicted octanol–water partition coefficient (Wildman–Crippen LogP) is 3.61. The molecule has 2 aromatic rings. The van der Waals surface area contributed by atoms with E-state index in [9.17, 15) is 9.59 Å². The molecule has 4 nitrogen and oxygen atoms in total. The van der Waals surface area contributed by atoms with E-state index in [0.717, 1.165) is 18.5 Å². The van der Waals surface area contributed by atoms with Crippen molar-refractivity contribution < 1.29 is 9.59 Å². The minimum atomic E-state index is -0.539. The van der Waals surface area contributed by atoms with Crippen LogP contribution in [0.4, 0.5) is 5.69 Å². The van der Waals surface area contributed by atoms with Gasteiger partial charge in [0.25, 0.3) is 5.91 Å². The smallest absolute Gasteiger partial charge is 0.251 e. The molecule has 0 bridgehead atoms. The molecule has 0 spiro atoms. The van der Waals surface area contributed by atoms with Crippen molar-refractivity contribution in [3.63, 3.8) is 0 Å². The number of benzene rings is 2. The number of unbranched alkanes of at least 4 members (excludes halogenated alkanes) is 1. The summed E-state index contributed by atoms with van der Waals surface area (Å²) >= 11 is 0. The van der Waals surface area contributed by atoms with Gasteiger partial charge in [0.2, 0.25) is 5.91 Å². The van der Waals surface area contributed by atoms with Gasteiger partial charge in [-0.2, -0.15) is 0 Å². The number of nitrogens with one attached hydrogen (secondary N) is 2. The van der Waals surface area contributed by atoms with Gasteiger partial charge in [-0.25, -0.2) is 0 Å². The normalized spacial score (nSPS) is 11.5. The lowest BCUT2D eigenvalue weighted by Crippen LogP contribution is -2.43. The van der Waals surface area contributed by atoms with Crippen LogP contribution >= 0.6 is 0 Å². The average Bonchev–Trinajstić information content (AvgIpc) is 2.60. The second-order valence-corrected chi connectivity index (χ2v) is 5.39. The third-order valence-corrected chi connectivity index (χ3v) is 3.55. The monoisotopic (exact) mass is 310 g/mol. The lowest BCUT2D eigenvalue weighted by Gasteiger charge is -2.18. The second kappa shape index (κ2) is 8.73. The molecular weight excluding hydrogens is 288 g/mol. The maximum absolute atomic E-state index is 12.5. The van der Waals surface area contributed by atoms with Crippen LogP contribution in [-0.2, 0) is 4.79 Å². The zero-order chi connectivity index (χ0) is 16.5. The predicted molar refractivity (Wildman–Crippen MR) is 92.3 cm³/mol. The Labute approximate surface area is 136 Å². The summed E-state index contributed by atoms with van der Waals surface area (Å²) < 4.78 is 0. The molecule has 1 atom stereocenters. The lowest BCUT2D eigenvalue weighted by atomic mass is 10.1. The van der Waals surface area contributed by atoms with E-state index in [-0.39, 0.29) is 11.8 Å². The Morgan fingerprint density at radius 2 is 1.57 bits per heavy atom. The first-order valence-electron chi connectivity index (χ1n) is 7.92. The number of carbonyl (C=O) groups is 2. The first-order chi connectivity index (χ1) is 11.2. The summed E-state index contributed by atoms with van der Waals surface area (Å²) in [5.41, 5.74) is 1.29. The zero-order valence-electron chi connectivity index (χ0n) is 13.3. The molecule has 0 saturated carbocycles. The summed E-state index contributed by atoms with van der Waals surface area (Å²) in [7, 11) is 0. The Balaban J connectivity index is 2.04. The molecule has 2 aromatic carbocycles. The molecule has 0 radical (unpaired) electrons. The van der Waals surface area contributed by atoms with Crippen LogP contribution in [0.5, 0.6) is 0 Å². The zero-order valence-corrected chi connectivity index (χ0v) is 13.3. The van der Waals surface area contributed by atoms with Gasteiger partial charge in [0.1, 0.15) is 6.04 Å². The van der Waals surface area contributed by atoms with Gasteiger partial charge in [0, 0.05) is 11.3 Å². The molecule has 23 heavy (non-hydrogen) atoms. The van der Waals surface area contributed by atoms with Crippen LogP contribution in [0.25, 0.3) is 0 Å². The Bertz CT molecular complexity index is 626. The Kier molecular flexibility index (Phi) is 6.36. The van der Waals surface area contributed by atoms with Crippen LogP contribution in [0.15, 0.2) is 60.7 Å². The highest BCUT2D eigenvalue weighted by molar-refractivity contribution is 6.01. The van der Waals surface area contributed by atoms with E-state index in [2.05, 4.69) is 17.6 Å². The molecule has 2 amide bonds. The van der Waals surface area contributed by atoms with Crippen LogP contribution < -0.4 is 10.6 Å².